The molecule has 0 aromatic carbocycles. The summed E-state index contributed by atoms with van der Waals surface area (Å²) >= 11 is 2.02. The maximum absolute atomic E-state index is 13.1. The molecule has 0 aliphatic heterocycles. The fraction of sp³-hybridized carbons (Fsp3) is 0. The van der Waals surface area contributed by atoms with E-state index in [1.54, 1.807) is 0 Å². The lowest BCUT2D eigenvalue weighted by molar-refractivity contribution is 0.621. The van der Waals surface area contributed by atoms with Crippen LogP contribution < -0.4 is 5.69 Å². The van der Waals surface area contributed by atoms with Gasteiger partial charge in [0.05, 0.1) is 16.0 Å². The Hall–Kier alpha value is -1.84. The largest absolute Gasteiger partial charge is 0.349 e. The second-order valence-electron chi connectivity index (χ2n) is 3.51. The Balaban J connectivity index is 2.30. The number of nitrogens with zero attached hydrogens (tertiary/aromatic N) is 4. The number of H-pyrrole nitrogens is 1. The molecule has 0 saturated carbocycles. The van der Waals surface area contributed by atoms with Crippen LogP contribution in [0, 0.1) is 9.39 Å². The molecule has 3 aromatic rings. The van der Waals surface area contributed by atoms with Crippen LogP contribution in [0.25, 0.3) is 17.0 Å². The number of pyridine rings is 1. The molecule has 8 heteroatoms. The highest BCUT2D eigenvalue weighted by molar-refractivity contribution is 14.1. The van der Waals surface area contributed by atoms with Gasteiger partial charge < -0.3 is 0 Å². The highest BCUT2D eigenvalue weighted by atomic mass is 127. The molecule has 0 spiro atoms. The summed E-state index contributed by atoms with van der Waals surface area (Å²) < 4.78 is 15.0. The van der Waals surface area contributed by atoms with E-state index in [0.29, 0.717) is 11.2 Å². The molecule has 90 valence electrons. The van der Waals surface area contributed by atoms with E-state index in [1.165, 1.54) is 18.5 Å². The van der Waals surface area contributed by atoms with Crippen LogP contribution in [0.1, 0.15) is 0 Å². The van der Waals surface area contributed by atoms with Crippen molar-refractivity contribution in [3.63, 3.8) is 0 Å². The van der Waals surface area contributed by atoms with Gasteiger partial charge in [-0.3, -0.25) is 9.97 Å². The Morgan fingerprint density at radius 1 is 1.33 bits per heavy atom. The Bertz CT molecular complexity index is 796. The highest BCUT2D eigenvalue weighted by Gasteiger charge is 2.10. The van der Waals surface area contributed by atoms with Crippen molar-refractivity contribution in [2.24, 2.45) is 0 Å². The minimum absolute atomic E-state index is 0.262. The maximum Gasteiger partial charge on any atom is 0.349 e. The average molecular weight is 357 g/mol. The van der Waals surface area contributed by atoms with Gasteiger partial charge in [-0.15, -0.1) is 0 Å². The zero-order valence-electron chi connectivity index (χ0n) is 8.76. The Labute approximate surface area is 113 Å². The summed E-state index contributed by atoms with van der Waals surface area (Å²) in [5.41, 5.74) is 0.410. The number of halogens is 2. The summed E-state index contributed by atoms with van der Waals surface area (Å²) in [4.78, 5) is 22.2. The van der Waals surface area contributed by atoms with Gasteiger partial charge >= 0.3 is 5.69 Å². The number of rotatable bonds is 1. The van der Waals surface area contributed by atoms with Crippen LogP contribution in [0.2, 0.25) is 0 Å². The van der Waals surface area contributed by atoms with Crippen molar-refractivity contribution in [1.29, 1.82) is 0 Å². The van der Waals surface area contributed by atoms with E-state index in [-0.39, 0.29) is 5.82 Å². The number of aromatic nitrogens is 5. The lowest BCUT2D eigenvalue weighted by atomic mass is 10.2. The number of nitrogens with one attached hydrogen (secondary N) is 1. The molecule has 18 heavy (non-hydrogen) atoms. The normalized spacial score (nSPS) is 11.0. The van der Waals surface area contributed by atoms with Gasteiger partial charge in [0.15, 0.2) is 5.65 Å². The van der Waals surface area contributed by atoms with Crippen LogP contribution in [0.4, 0.5) is 4.39 Å². The summed E-state index contributed by atoms with van der Waals surface area (Å²) in [7, 11) is 0. The molecule has 3 aromatic heterocycles. The van der Waals surface area contributed by atoms with Gasteiger partial charge in [0.2, 0.25) is 0 Å². The van der Waals surface area contributed by atoms with Crippen molar-refractivity contribution < 1.29 is 4.39 Å². The SMILES string of the molecule is O=c1[nH]c(-c2cncc(F)c2)nc2c(I)cnn12. The van der Waals surface area contributed by atoms with Crippen LogP contribution in [0.15, 0.2) is 29.5 Å². The topological polar surface area (TPSA) is 75.9 Å². The van der Waals surface area contributed by atoms with E-state index < -0.39 is 11.5 Å². The van der Waals surface area contributed by atoms with Gasteiger partial charge in [0.1, 0.15) is 11.6 Å². The number of hydrogen-bond acceptors (Lipinski definition) is 4. The molecule has 0 fully saturated rings. The molecule has 0 amide bonds. The van der Waals surface area contributed by atoms with Crippen molar-refractivity contribution in [2.45, 2.75) is 0 Å². The molecule has 0 radical (unpaired) electrons. The minimum Gasteiger partial charge on any atom is -0.290 e. The summed E-state index contributed by atoms with van der Waals surface area (Å²) in [5, 5.41) is 3.88. The summed E-state index contributed by atoms with van der Waals surface area (Å²) in [6.07, 6.45) is 4.05. The van der Waals surface area contributed by atoms with Gasteiger partial charge in [0, 0.05) is 11.8 Å². The van der Waals surface area contributed by atoms with Crippen LogP contribution in [0.5, 0.6) is 0 Å². The predicted octanol–water partition coefficient (Wildman–Crippen LogP) is 1.22. The van der Waals surface area contributed by atoms with Gasteiger partial charge in [-0.05, 0) is 28.7 Å². The van der Waals surface area contributed by atoms with Crippen LogP contribution in [-0.4, -0.2) is 24.6 Å². The third-order valence-corrected chi connectivity index (χ3v) is 3.08. The van der Waals surface area contributed by atoms with Crippen molar-refractivity contribution in [3.05, 3.63) is 44.5 Å². The van der Waals surface area contributed by atoms with Crippen LogP contribution in [-0.2, 0) is 0 Å². The standard InChI is InChI=1S/C10H5FIN5O/c11-6-1-5(2-13-3-6)8-15-9-7(12)4-14-17(9)10(18)16-8/h1-4H,(H,15,16,18). The monoisotopic (exact) mass is 357 g/mol. The molecule has 0 aliphatic rings. The van der Waals surface area contributed by atoms with Gasteiger partial charge in [-0.2, -0.15) is 9.61 Å². The maximum atomic E-state index is 13.1. The third-order valence-electron chi connectivity index (χ3n) is 2.31. The first-order valence-electron chi connectivity index (χ1n) is 4.89. The van der Waals surface area contributed by atoms with E-state index >= 15 is 0 Å². The van der Waals surface area contributed by atoms with E-state index in [0.717, 1.165) is 14.3 Å². The molecular formula is C10H5FIN5O. The molecular weight excluding hydrogens is 352 g/mol. The zero-order chi connectivity index (χ0) is 12.7. The van der Waals surface area contributed by atoms with Crippen molar-refractivity contribution in [1.82, 2.24) is 24.6 Å². The van der Waals surface area contributed by atoms with Crippen molar-refractivity contribution in [2.75, 3.05) is 0 Å². The number of fused-ring (bicyclic) bond motifs is 1. The van der Waals surface area contributed by atoms with Gasteiger partial charge in [-0.1, -0.05) is 0 Å². The Morgan fingerprint density at radius 3 is 2.94 bits per heavy atom. The molecule has 6 nitrogen and oxygen atoms in total. The minimum atomic E-state index is -0.488. The van der Waals surface area contributed by atoms with Gasteiger partial charge in [0.25, 0.3) is 0 Å². The van der Waals surface area contributed by atoms with E-state index in [2.05, 4.69) is 20.1 Å². The number of aromatic amines is 1. The van der Waals surface area contributed by atoms with Crippen LogP contribution >= 0.6 is 22.6 Å². The van der Waals surface area contributed by atoms with Gasteiger partial charge in [-0.25, -0.2) is 14.2 Å². The molecule has 0 aliphatic carbocycles. The third kappa shape index (κ3) is 1.78. The van der Waals surface area contributed by atoms with Crippen molar-refractivity contribution in [3.8, 4) is 11.4 Å². The summed E-state index contributed by atoms with van der Waals surface area (Å²) in [6.45, 7) is 0. The van der Waals surface area contributed by atoms with E-state index in [1.807, 2.05) is 22.6 Å². The molecule has 0 bridgehead atoms. The molecule has 0 unspecified atom stereocenters. The predicted molar refractivity (Wildman–Crippen MR) is 69.5 cm³/mol. The fourth-order valence-corrected chi connectivity index (χ4v) is 2.01. The lowest BCUT2D eigenvalue weighted by Gasteiger charge is -2.01. The molecule has 1 N–H and O–H groups in total. The summed E-state index contributed by atoms with van der Waals surface area (Å²) in [5.74, 6) is -0.226. The Morgan fingerprint density at radius 2 is 2.17 bits per heavy atom. The Kier molecular flexibility index (Phi) is 2.58. The first-order chi connectivity index (χ1) is 8.65. The number of hydrogen-bond donors (Lipinski definition) is 1. The fourth-order valence-electron chi connectivity index (χ4n) is 1.54. The quantitative estimate of drug-likeness (QED) is 0.665. The average Bonchev–Trinajstić information content (AvgIpc) is 2.72. The van der Waals surface area contributed by atoms with E-state index in [9.17, 15) is 9.18 Å². The molecule has 0 saturated heterocycles. The lowest BCUT2D eigenvalue weighted by Crippen LogP contribution is -2.19. The first-order valence-corrected chi connectivity index (χ1v) is 5.97. The van der Waals surface area contributed by atoms with Crippen molar-refractivity contribution >= 4 is 28.2 Å². The van der Waals surface area contributed by atoms with Crippen LogP contribution in [0.3, 0.4) is 0 Å². The van der Waals surface area contributed by atoms with E-state index in [4.69, 9.17) is 0 Å². The molecule has 0 atom stereocenters. The molecule has 3 rings (SSSR count). The first kappa shape index (κ1) is 11.3. The highest BCUT2D eigenvalue weighted by Crippen LogP contribution is 2.15. The second kappa shape index (κ2) is 4.12. The zero-order valence-corrected chi connectivity index (χ0v) is 10.9. The summed E-state index contributed by atoms with van der Waals surface area (Å²) in [6, 6.07) is 1.25. The molecule has 3 heterocycles. The second-order valence-corrected chi connectivity index (χ2v) is 4.67. The smallest absolute Gasteiger partial charge is 0.290 e.